The molecule has 0 aromatic carbocycles. The lowest BCUT2D eigenvalue weighted by Gasteiger charge is -2.10. The van der Waals surface area contributed by atoms with Gasteiger partial charge in [0.15, 0.2) is 0 Å². The Morgan fingerprint density at radius 2 is 2.35 bits per heavy atom. The van der Waals surface area contributed by atoms with Crippen LogP contribution in [-0.2, 0) is 0 Å². The zero-order valence-electron chi connectivity index (χ0n) is 9.36. The number of aromatic nitrogens is 2. The molecule has 0 fully saturated rings. The normalized spacial score (nSPS) is 10.6. The molecule has 0 saturated heterocycles. The molecule has 0 radical (unpaired) electrons. The second-order valence-corrected chi connectivity index (χ2v) is 3.72. The van der Waals surface area contributed by atoms with E-state index in [1.54, 1.807) is 6.20 Å². The predicted molar refractivity (Wildman–Crippen MR) is 66.8 cm³/mol. The maximum atomic E-state index is 11.3. The Labute approximate surface area is 98.4 Å². The number of anilines is 1. The highest BCUT2D eigenvalue weighted by Crippen LogP contribution is 2.24. The van der Waals surface area contributed by atoms with Crippen LogP contribution in [0.4, 0.5) is 5.69 Å². The molecule has 2 aromatic rings. The van der Waals surface area contributed by atoms with Crippen molar-refractivity contribution in [2.45, 2.75) is 6.42 Å². The number of carbonyl (C=O) groups excluding carboxylic acids is 1. The minimum Gasteiger partial charge on any atom is -0.384 e. The molecule has 0 unspecified atom stereocenters. The molecule has 0 aliphatic heterocycles. The van der Waals surface area contributed by atoms with Crippen LogP contribution in [-0.4, -0.2) is 29.0 Å². The number of carbonyl (C=O) groups is 1. The van der Waals surface area contributed by atoms with Crippen LogP contribution in [0.2, 0.25) is 0 Å². The standard InChI is InChI=1S/C11H15N5O/c12-3-1-4-14-9-7-2-5-15-11(7)16-6-8(9)10(13)17/h2,5-6H,1,3-4,12H2,(H2,13,17)(H2,14,15,16). The molecule has 90 valence electrons. The minimum atomic E-state index is -0.490. The summed E-state index contributed by atoms with van der Waals surface area (Å²) in [6, 6.07) is 1.86. The van der Waals surface area contributed by atoms with Gasteiger partial charge in [-0.25, -0.2) is 4.98 Å². The number of nitrogens with one attached hydrogen (secondary N) is 2. The zero-order valence-corrected chi connectivity index (χ0v) is 9.36. The number of nitrogens with zero attached hydrogens (tertiary/aromatic N) is 1. The summed E-state index contributed by atoms with van der Waals surface area (Å²) >= 11 is 0. The third-order valence-corrected chi connectivity index (χ3v) is 2.53. The van der Waals surface area contributed by atoms with E-state index in [0.29, 0.717) is 18.7 Å². The number of primary amides is 1. The molecule has 2 rings (SSSR count). The van der Waals surface area contributed by atoms with Crippen molar-refractivity contribution in [3.05, 3.63) is 24.0 Å². The molecule has 2 aromatic heterocycles. The predicted octanol–water partition coefficient (Wildman–Crippen LogP) is 0.423. The average Bonchev–Trinajstić information content (AvgIpc) is 2.77. The van der Waals surface area contributed by atoms with Crippen molar-refractivity contribution in [1.29, 1.82) is 0 Å². The topological polar surface area (TPSA) is 110 Å². The van der Waals surface area contributed by atoms with Crippen LogP contribution in [0.25, 0.3) is 11.0 Å². The first kappa shape index (κ1) is 11.4. The van der Waals surface area contributed by atoms with Gasteiger partial charge in [-0.3, -0.25) is 4.79 Å². The van der Waals surface area contributed by atoms with Gasteiger partial charge in [-0.1, -0.05) is 0 Å². The molecule has 17 heavy (non-hydrogen) atoms. The highest BCUT2D eigenvalue weighted by Gasteiger charge is 2.12. The number of rotatable bonds is 5. The van der Waals surface area contributed by atoms with Gasteiger partial charge >= 0.3 is 0 Å². The first-order valence-corrected chi connectivity index (χ1v) is 5.44. The molecular formula is C11H15N5O. The Balaban J connectivity index is 2.42. The van der Waals surface area contributed by atoms with Gasteiger partial charge in [0.05, 0.1) is 11.3 Å². The van der Waals surface area contributed by atoms with E-state index in [9.17, 15) is 4.79 Å². The van der Waals surface area contributed by atoms with Crippen LogP contribution in [0.5, 0.6) is 0 Å². The maximum absolute atomic E-state index is 11.3. The molecule has 6 N–H and O–H groups in total. The number of amides is 1. The fraction of sp³-hybridized carbons (Fsp3) is 0.273. The van der Waals surface area contributed by atoms with Gasteiger partial charge in [0.2, 0.25) is 0 Å². The van der Waals surface area contributed by atoms with Crippen LogP contribution < -0.4 is 16.8 Å². The Morgan fingerprint density at radius 3 is 3.06 bits per heavy atom. The fourth-order valence-corrected chi connectivity index (χ4v) is 1.70. The number of hydrogen-bond acceptors (Lipinski definition) is 4. The van der Waals surface area contributed by atoms with Crippen molar-refractivity contribution >= 4 is 22.6 Å². The lowest BCUT2D eigenvalue weighted by molar-refractivity contribution is 0.100. The molecule has 0 spiro atoms. The number of H-pyrrole nitrogens is 1. The summed E-state index contributed by atoms with van der Waals surface area (Å²) in [6.07, 6.45) is 4.08. The highest BCUT2D eigenvalue weighted by atomic mass is 16.1. The maximum Gasteiger partial charge on any atom is 0.252 e. The van der Waals surface area contributed by atoms with Gasteiger partial charge in [0.25, 0.3) is 5.91 Å². The SMILES string of the molecule is NCCCNc1c(C(N)=O)cnc2[nH]ccc12. The van der Waals surface area contributed by atoms with Crippen LogP contribution in [0.1, 0.15) is 16.8 Å². The largest absolute Gasteiger partial charge is 0.384 e. The number of hydrogen-bond donors (Lipinski definition) is 4. The van der Waals surface area contributed by atoms with E-state index in [1.807, 2.05) is 6.07 Å². The smallest absolute Gasteiger partial charge is 0.252 e. The fourth-order valence-electron chi connectivity index (χ4n) is 1.70. The van der Waals surface area contributed by atoms with Crippen LogP contribution in [0, 0.1) is 0 Å². The van der Waals surface area contributed by atoms with Crippen molar-refractivity contribution in [2.75, 3.05) is 18.4 Å². The van der Waals surface area contributed by atoms with Crippen LogP contribution >= 0.6 is 0 Å². The van der Waals surface area contributed by atoms with E-state index in [-0.39, 0.29) is 0 Å². The van der Waals surface area contributed by atoms with E-state index in [4.69, 9.17) is 11.5 Å². The van der Waals surface area contributed by atoms with Gasteiger partial charge in [0.1, 0.15) is 5.65 Å². The minimum absolute atomic E-state index is 0.397. The number of fused-ring (bicyclic) bond motifs is 1. The Kier molecular flexibility index (Phi) is 3.24. The summed E-state index contributed by atoms with van der Waals surface area (Å²) in [5, 5.41) is 4.04. The molecule has 0 aliphatic carbocycles. The molecule has 6 heteroatoms. The molecule has 0 aliphatic rings. The molecular weight excluding hydrogens is 218 g/mol. The Morgan fingerprint density at radius 1 is 1.53 bits per heavy atom. The van der Waals surface area contributed by atoms with Gasteiger partial charge < -0.3 is 21.8 Å². The van der Waals surface area contributed by atoms with E-state index in [1.165, 1.54) is 6.20 Å². The number of pyridine rings is 1. The van der Waals surface area contributed by atoms with Gasteiger partial charge in [-0.15, -0.1) is 0 Å². The average molecular weight is 233 g/mol. The lowest BCUT2D eigenvalue weighted by atomic mass is 10.1. The molecule has 6 nitrogen and oxygen atoms in total. The highest BCUT2D eigenvalue weighted by molar-refractivity contribution is 6.05. The van der Waals surface area contributed by atoms with Crippen molar-refractivity contribution in [2.24, 2.45) is 11.5 Å². The number of aromatic amines is 1. The van der Waals surface area contributed by atoms with Crippen LogP contribution in [0.15, 0.2) is 18.5 Å². The summed E-state index contributed by atoms with van der Waals surface area (Å²) in [7, 11) is 0. The third kappa shape index (κ3) is 2.21. The summed E-state index contributed by atoms with van der Waals surface area (Å²) in [4.78, 5) is 18.4. The summed E-state index contributed by atoms with van der Waals surface area (Å²) in [6.45, 7) is 1.29. The first-order chi connectivity index (χ1) is 8.24. The Hall–Kier alpha value is -2.08. The second kappa shape index (κ2) is 4.84. The van der Waals surface area contributed by atoms with Gasteiger partial charge in [-0.2, -0.15) is 0 Å². The monoisotopic (exact) mass is 233 g/mol. The third-order valence-electron chi connectivity index (χ3n) is 2.53. The van der Waals surface area contributed by atoms with Crippen molar-refractivity contribution in [3.8, 4) is 0 Å². The second-order valence-electron chi connectivity index (χ2n) is 3.72. The van der Waals surface area contributed by atoms with Crippen LogP contribution in [0.3, 0.4) is 0 Å². The van der Waals surface area contributed by atoms with E-state index < -0.39 is 5.91 Å². The van der Waals surface area contributed by atoms with E-state index >= 15 is 0 Å². The lowest BCUT2D eigenvalue weighted by Crippen LogP contribution is -2.16. The molecule has 0 saturated carbocycles. The van der Waals surface area contributed by atoms with Gasteiger partial charge in [-0.05, 0) is 19.0 Å². The molecule has 0 atom stereocenters. The molecule has 0 bridgehead atoms. The summed E-state index contributed by atoms with van der Waals surface area (Å²) in [5.74, 6) is -0.490. The summed E-state index contributed by atoms with van der Waals surface area (Å²) < 4.78 is 0. The van der Waals surface area contributed by atoms with Crippen molar-refractivity contribution in [1.82, 2.24) is 9.97 Å². The molecule has 2 heterocycles. The first-order valence-electron chi connectivity index (χ1n) is 5.44. The summed E-state index contributed by atoms with van der Waals surface area (Å²) in [5.41, 5.74) is 12.6. The zero-order chi connectivity index (χ0) is 12.3. The van der Waals surface area contributed by atoms with E-state index in [2.05, 4.69) is 15.3 Å². The van der Waals surface area contributed by atoms with Gasteiger partial charge in [0, 0.05) is 24.3 Å². The molecule has 1 amide bonds. The van der Waals surface area contributed by atoms with Crippen molar-refractivity contribution in [3.63, 3.8) is 0 Å². The van der Waals surface area contributed by atoms with Crippen molar-refractivity contribution < 1.29 is 4.79 Å². The Bertz CT molecular complexity index is 534. The number of nitrogens with two attached hydrogens (primary N) is 2. The van der Waals surface area contributed by atoms with E-state index in [0.717, 1.165) is 23.1 Å². The quantitative estimate of drug-likeness (QED) is 0.561.